The van der Waals surface area contributed by atoms with E-state index in [4.69, 9.17) is 10.3 Å². The van der Waals surface area contributed by atoms with Gasteiger partial charge in [0.25, 0.3) is 10.1 Å². The molecule has 0 saturated heterocycles. The van der Waals surface area contributed by atoms with Crippen LogP contribution in [-0.2, 0) is 10.1 Å². The van der Waals surface area contributed by atoms with Crippen molar-refractivity contribution in [2.45, 2.75) is 4.90 Å². The molecule has 7 heteroatoms. The van der Waals surface area contributed by atoms with Gasteiger partial charge in [0.1, 0.15) is 0 Å². The first-order valence-corrected chi connectivity index (χ1v) is 4.72. The van der Waals surface area contributed by atoms with Crippen molar-refractivity contribution in [2.24, 2.45) is 5.73 Å². The van der Waals surface area contributed by atoms with Crippen LogP contribution in [0, 0.1) is 0 Å². The quantitative estimate of drug-likeness (QED) is 0.418. The van der Waals surface area contributed by atoms with Gasteiger partial charge in [-0.05, 0) is 24.3 Å². The molecule has 3 N–H and O–H groups in total. The first-order chi connectivity index (χ1) is 5.91. The second kappa shape index (κ2) is 4.90. The first kappa shape index (κ1) is 13.6. The molecule has 1 aromatic rings. The van der Waals surface area contributed by atoms with Crippen molar-refractivity contribution in [1.82, 2.24) is 0 Å². The molecule has 0 aliphatic rings. The van der Waals surface area contributed by atoms with Gasteiger partial charge in [0.2, 0.25) is 5.91 Å². The van der Waals surface area contributed by atoms with E-state index < -0.39 is 16.0 Å². The van der Waals surface area contributed by atoms with E-state index in [-0.39, 0.29) is 41.4 Å². The smallest absolute Gasteiger partial charge is 1.00 e. The number of amides is 1. The zero-order valence-corrected chi connectivity index (χ0v) is 10.3. The molecule has 5 nitrogen and oxygen atoms in total. The van der Waals surface area contributed by atoms with Gasteiger partial charge >= 0.3 is 29.6 Å². The maximum Gasteiger partial charge on any atom is 1.00 e. The Labute approximate surface area is 105 Å². The molecule has 0 atom stereocenters. The Hall–Kier alpha value is -0.400. The minimum absolute atomic E-state index is 0. The summed E-state index contributed by atoms with van der Waals surface area (Å²) in [7, 11) is -4.20. The predicted octanol–water partition coefficient (Wildman–Crippen LogP) is -2.85. The third-order valence-corrected chi connectivity index (χ3v) is 2.30. The second-order valence-corrected chi connectivity index (χ2v) is 3.79. The van der Waals surface area contributed by atoms with E-state index in [1.807, 2.05) is 0 Å². The molecule has 72 valence electrons. The van der Waals surface area contributed by atoms with Crippen LogP contribution in [-0.4, -0.2) is 18.9 Å². The second-order valence-electron chi connectivity index (χ2n) is 2.36. The Morgan fingerprint density at radius 2 is 1.71 bits per heavy atom. The Bertz CT molecular complexity index is 431. The number of hydrogen-bond donors (Lipinski definition) is 2. The maximum atomic E-state index is 10.6. The van der Waals surface area contributed by atoms with E-state index in [9.17, 15) is 13.2 Å². The summed E-state index contributed by atoms with van der Waals surface area (Å²) < 4.78 is 29.7. The van der Waals surface area contributed by atoms with Crippen LogP contribution >= 0.6 is 0 Å². The minimum Gasteiger partial charge on any atom is -1.00 e. The van der Waals surface area contributed by atoms with Crippen LogP contribution in [0.2, 0.25) is 0 Å². The van der Waals surface area contributed by atoms with Gasteiger partial charge in [-0.2, -0.15) is 8.42 Å². The zero-order chi connectivity index (χ0) is 10.1. The van der Waals surface area contributed by atoms with Gasteiger partial charge in [0.15, 0.2) is 0 Å². The van der Waals surface area contributed by atoms with E-state index in [0.29, 0.717) is 0 Å². The van der Waals surface area contributed by atoms with Gasteiger partial charge < -0.3 is 7.16 Å². The van der Waals surface area contributed by atoms with E-state index >= 15 is 0 Å². The summed E-state index contributed by atoms with van der Waals surface area (Å²) in [5.41, 5.74) is 5.11. The topological polar surface area (TPSA) is 97.5 Å². The molecule has 0 saturated carbocycles. The molecule has 0 unspecified atom stereocenters. The Balaban J connectivity index is 0. The van der Waals surface area contributed by atoms with Crippen LogP contribution in [0.25, 0.3) is 0 Å². The zero-order valence-electron chi connectivity index (χ0n) is 8.47. The molecule has 1 rings (SSSR count). The SMILES string of the molecule is NC(=O)c1ccc(S(=O)(=O)O)cc1.[H-].[Na+]. The largest absolute Gasteiger partial charge is 1.00 e. The monoisotopic (exact) mass is 225 g/mol. The molecule has 0 spiro atoms. The first-order valence-electron chi connectivity index (χ1n) is 3.28. The van der Waals surface area contributed by atoms with Crippen molar-refractivity contribution >= 4 is 16.0 Å². The molecule has 1 amide bonds. The van der Waals surface area contributed by atoms with E-state index in [0.717, 1.165) is 12.1 Å². The number of carbonyl (C=O) groups is 1. The van der Waals surface area contributed by atoms with Gasteiger partial charge in [-0.1, -0.05) is 0 Å². The van der Waals surface area contributed by atoms with E-state index in [1.165, 1.54) is 12.1 Å². The van der Waals surface area contributed by atoms with Gasteiger partial charge in [0, 0.05) is 5.56 Å². The molecular formula is C7H8NNaO4S. The van der Waals surface area contributed by atoms with Crippen molar-refractivity contribution in [3.8, 4) is 0 Å². The molecule has 0 aliphatic carbocycles. The van der Waals surface area contributed by atoms with Crippen molar-refractivity contribution in [3.63, 3.8) is 0 Å². The normalized spacial score (nSPS) is 10.4. The van der Waals surface area contributed by atoms with Crippen LogP contribution in [0.5, 0.6) is 0 Å². The number of rotatable bonds is 2. The van der Waals surface area contributed by atoms with Gasteiger partial charge in [-0.3, -0.25) is 9.35 Å². The van der Waals surface area contributed by atoms with E-state index in [1.54, 1.807) is 0 Å². The fraction of sp³-hybridized carbons (Fsp3) is 0. The molecule has 1 aromatic carbocycles. The van der Waals surface area contributed by atoms with Gasteiger partial charge in [-0.25, -0.2) is 0 Å². The van der Waals surface area contributed by atoms with Gasteiger partial charge in [-0.15, -0.1) is 0 Å². The van der Waals surface area contributed by atoms with Crippen molar-refractivity contribution < 1.29 is 48.7 Å². The molecule has 0 fully saturated rings. The number of primary amides is 1. The molecule has 0 aliphatic heterocycles. The van der Waals surface area contributed by atoms with Crippen molar-refractivity contribution in [1.29, 1.82) is 0 Å². The third kappa shape index (κ3) is 3.39. The fourth-order valence-corrected chi connectivity index (χ4v) is 1.27. The Morgan fingerprint density at radius 1 is 1.29 bits per heavy atom. The molecule has 0 bridgehead atoms. The summed E-state index contributed by atoms with van der Waals surface area (Å²) in [6.45, 7) is 0. The Kier molecular flexibility index (Phi) is 4.76. The summed E-state index contributed by atoms with van der Waals surface area (Å²) >= 11 is 0. The fourth-order valence-electron chi connectivity index (χ4n) is 0.791. The minimum atomic E-state index is -4.20. The average Bonchev–Trinajstić information content (AvgIpc) is 2.03. The maximum absolute atomic E-state index is 10.6. The van der Waals surface area contributed by atoms with Crippen molar-refractivity contribution in [3.05, 3.63) is 29.8 Å². The molecule has 0 heterocycles. The summed E-state index contributed by atoms with van der Waals surface area (Å²) in [5, 5.41) is 0. The summed E-state index contributed by atoms with van der Waals surface area (Å²) in [6.07, 6.45) is 0. The number of carbonyl (C=O) groups excluding carboxylic acids is 1. The van der Waals surface area contributed by atoms with Crippen LogP contribution in [0.3, 0.4) is 0 Å². The van der Waals surface area contributed by atoms with E-state index in [2.05, 4.69) is 0 Å². The molecular weight excluding hydrogens is 217 g/mol. The summed E-state index contributed by atoms with van der Waals surface area (Å²) in [4.78, 5) is 10.3. The van der Waals surface area contributed by atoms with Crippen LogP contribution in [0.1, 0.15) is 11.8 Å². The summed E-state index contributed by atoms with van der Waals surface area (Å²) in [5.74, 6) is -0.651. The molecule has 0 radical (unpaired) electrons. The van der Waals surface area contributed by atoms with Crippen LogP contribution in [0.4, 0.5) is 0 Å². The average molecular weight is 225 g/mol. The molecule has 0 aromatic heterocycles. The van der Waals surface area contributed by atoms with Crippen molar-refractivity contribution in [2.75, 3.05) is 0 Å². The standard InChI is InChI=1S/C7H7NO4S.Na.H/c8-7(9)5-1-3-6(4-2-5)13(10,11)12;;/h1-4H,(H2,8,9)(H,10,11,12);;/q;+1;-1. The predicted molar refractivity (Wildman–Crippen MR) is 45.9 cm³/mol. The van der Waals surface area contributed by atoms with Gasteiger partial charge in [0.05, 0.1) is 4.90 Å². The molecule has 14 heavy (non-hydrogen) atoms. The number of nitrogens with two attached hydrogens (primary N) is 1. The Morgan fingerprint density at radius 3 is 2.00 bits per heavy atom. The number of hydrogen-bond acceptors (Lipinski definition) is 3. The van der Waals surface area contributed by atoms with Crippen LogP contribution < -0.4 is 35.3 Å². The summed E-state index contributed by atoms with van der Waals surface area (Å²) in [6, 6.07) is 4.67. The van der Waals surface area contributed by atoms with Crippen LogP contribution in [0.15, 0.2) is 29.2 Å². The third-order valence-electron chi connectivity index (χ3n) is 1.44. The number of benzene rings is 1.